The molecule has 6 N–H and O–H groups in total. The van der Waals surface area contributed by atoms with Gasteiger partial charge in [0.25, 0.3) is 0 Å². The van der Waals surface area contributed by atoms with Crippen molar-refractivity contribution in [3.8, 4) is 11.5 Å². The lowest BCUT2D eigenvalue weighted by molar-refractivity contribution is 0.446. The number of rotatable bonds is 5. The van der Waals surface area contributed by atoms with Crippen LogP contribution in [0.15, 0.2) is 48.8 Å². The molecular formula is C21H21FN8O. The molecule has 1 aromatic carbocycles. The Morgan fingerprint density at radius 3 is 2.87 bits per heavy atom. The van der Waals surface area contributed by atoms with E-state index >= 15 is 0 Å². The zero-order chi connectivity index (χ0) is 21.4. The van der Waals surface area contributed by atoms with Crippen LogP contribution in [-0.4, -0.2) is 39.1 Å². The fourth-order valence-corrected chi connectivity index (χ4v) is 3.63. The molecule has 1 saturated heterocycles. The van der Waals surface area contributed by atoms with Gasteiger partial charge in [0.1, 0.15) is 23.0 Å². The van der Waals surface area contributed by atoms with Crippen molar-refractivity contribution in [3.63, 3.8) is 0 Å². The van der Waals surface area contributed by atoms with Crippen LogP contribution in [0.2, 0.25) is 0 Å². The van der Waals surface area contributed by atoms with E-state index in [9.17, 15) is 4.39 Å². The van der Waals surface area contributed by atoms with Gasteiger partial charge in [-0.2, -0.15) is 9.97 Å². The van der Waals surface area contributed by atoms with Crippen LogP contribution in [-0.2, 0) is 0 Å². The minimum absolute atomic E-state index is 0.105. The molecule has 9 nitrogen and oxygen atoms in total. The number of fused-ring (bicyclic) bond motifs is 1. The summed E-state index contributed by atoms with van der Waals surface area (Å²) in [5.74, 6) is 1.40. The Balaban J connectivity index is 1.36. The molecule has 0 saturated carbocycles. The first kappa shape index (κ1) is 19.1. The van der Waals surface area contributed by atoms with Gasteiger partial charge in [-0.15, -0.1) is 0 Å². The van der Waals surface area contributed by atoms with Gasteiger partial charge in [-0.1, -0.05) is 0 Å². The van der Waals surface area contributed by atoms with Crippen molar-refractivity contribution in [1.29, 1.82) is 0 Å². The van der Waals surface area contributed by atoms with Gasteiger partial charge in [-0.3, -0.25) is 0 Å². The Labute approximate surface area is 177 Å². The van der Waals surface area contributed by atoms with Gasteiger partial charge in [0, 0.05) is 49.3 Å². The second-order valence-corrected chi connectivity index (χ2v) is 7.39. The zero-order valence-electron chi connectivity index (χ0n) is 16.5. The second-order valence-electron chi connectivity index (χ2n) is 7.39. The highest BCUT2D eigenvalue weighted by atomic mass is 19.1. The van der Waals surface area contributed by atoms with E-state index in [1.165, 1.54) is 6.07 Å². The maximum atomic E-state index is 14.7. The molecule has 10 heteroatoms. The predicted octanol–water partition coefficient (Wildman–Crippen LogP) is 3.15. The van der Waals surface area contributed by atoms with Crippen molar-refractivity contribution in [2.45, 2.75) is 12.5 Å². The van der Waals surface area contributed by atoms with E-state index in [4.69, 9.17) is 16.2 Å². The molecule has 3 aromatic heterocycles. The summed E-state index contributed by atoms with van der Waals surface area (Å²) in [6.45, 7) is 1.51. The predicted molar refractivity (Wildman–Crippen MR) is 117 cm³/mol. The third kappa shape index (κ3) is 3.92. The van der Waals surface area contributed by atoms with Crippen LogP contribution in [0.3, 0.4) is 0 Å². The lowest BCUT2D eigenvalue weighted by Crippen LogP contribution is -2.27. The molecule has 31 heavy (non-hydrogen) atoms. The molecule has 4 aromatic rings. The summed E-state index contributed by atoms with van der Waals surface area (Å²) in [6, 6.07) is 10.0. The summed E-state index contributed by atoms with van der Waals surface area (Å²) in [6.07, 6.45) is 4.25. The fraction of sp³-hybridized carbons (Fsp3) is 0.190. The normalized spacial score (nSPS) is 16.1. The average Bonchev–Trinajstić information content (AvgIpc) is 3.39. The minimum atomic E-state index is -0.515. The summed E-state index contributed by atoms with van der Waals surface area (Å²) in [5, 5.41) is 3.85. The van der Waals surface area contributed by atoms with Gasteiger partial charge in [-0.25, -0.2) is 9.37 Å². The number of anilines is 4. The van der Waals surface area contributed by atoms with Crippen molar-refractivity contribution in [1.82, 2.24) is 19.9 Å². The first-order valence-corrected chi connectivity index (χ1v) is 9.87. The number of halogens is 1. The van der Waals surface area contributed by atoms with Crippen LogP contribution in [0.5, 0.6) is 11.5 Å². The highest BCUT2D eigenvalue weighted by molar-refractivity contribution is 5.82. The molecule has 0 unspecified atom stereocenters. The van der Waals surface area contributed by atoms with E-state index in [0.717, 1.165) is 18.4 Å². The van der Waals surface area contributed by atoms with E-state index in [2.05, 4.69) is 30.2 Å². The molecule has 5 rings (SSSR count). The number of hydrogen-bond acceptors (Lipinski definition) is 8. The minimum Gasteiger partial charge on any atom is -0.453 e. The summed E-state index contributed by atoms with van der Waals surface area (Å²) < 4.78 is 20.5. The molecule has 0 spiro atoms. The first-order valence-electron chi connectivity index (χ1n) is 9.87. The Morgan fingerprint density at radius 1 is 1.16 bits per heavy atom. The molecule has 1 fully saturated rings. The monoisotopic (exact) mass is 420 g/mol. The lowest BCUT2D eigenvalue weighted by atomic mass is 10.2. The van der Waals surface area contributed by atoms with Gasteiger partial charge in [0.2, 0.25) is 5.95 Å². The Kier molecular flexibility index (Phi) is 4.75. The van der Waals surface area contributed by atoms with Crippen molar-refractivity contribution < 1.29 is 9.13 Å². The maximum Gasteiger partial charge on any atom is 0.223 e. The first-order chi connectivity index (χ1) is 15.0. The number of aromatic nitrogens is 4. The topological polar surface area (TPSA) is 131 Å². The molecule has 1 aliphatic heterocycles. The van der Waals surface area contributed by atoms with Crippen LogP contribution >= 0.6 is 0 Å². The molecule has 4 heterocycles. The number of H-pyrrole nitrogens is 1. The average molecular weight is 420 g/mol. The Bertz CT molecular complexity index is 1240. The number of ether oxygens (including phenoxy) is 1. The number of nitrogens with two attached hydrogens (primary N) is 2. The molecule has 1 atom stereocenters. The third-order valence-corrected chi connectivity index (χ3v) is 5.12. The largest absolute Gasteiger partial charge is 0.453 e. The van der Waals surface area contributed by atoms with Crippen molar-refractivity contribution in [3.05, 3.63) is 54.6 Å². The number of hydrogen-bond donors (Lipinski definition) is 4. The highest BCUT2D eigenvalue weighted by Gasteiger charge is 2.21. The van der Waals surface area contributed by atoms with Gasteiger partial charge < -0.3 is 31.4 Å². The van der Waals surface area contributed by atoms with Crippen molar-refractivity contribution in [2.75, 3.05) is 29.0 Å². The van der Waals surface area contributed by atoms with E-state index in [1.807, 2.05) is 6.07 Å². The van der Waals surface area contributed by atoms with E-state index < -0.39 is 5.82 Å². The number of aromatic amines is 1. The van der Waals surface area contributed by atoms with E-state index in [0.29, 0.717) is 35.3 Å². The highest BCUT2D eigenvalue weighted by Crippen LogP contribution is 2.32. The standard InChI is InChI=1S/C21H21FN8O/c22-15-9-13(1-2-17(15)31-16-4-7-26-20-14(16)3-6-25-20)27-18-10-19(29-21(24)28-18)30-8-5-12(23)11-30/h1-4,6-7,9-10,12H,5,8,11,23H2,(H,25,26)(H3,24,27,28,29)/t12-/m1/s1. The van der Waals surface area contributed by atoms with Crippen LogP contribution in [0.4, 0.5) is 27.7 Å². The molecule has 0 amide bonds. The van der Waals surface area contributed by atoms with Gasteiger partial charge in [0.15, 0.2) is 11.6 Å². The lowest BCUT2D eigenvalue weighted by Gasteiger charge is -2.18. The molecule has 0 radical (unpaired) electrons. The summed E-state index contributed by atoms with van der Waals surface area (Å²) in [4.78, 5) is 17.7. The van der Waals surface area contributed by atoms with Crippen LogP contribution in [0.25, 0.3) is 11.0 Å². The molecule has 0 bridgehead atoms. The SMILES string of the molecule is Nc1nc(Nc2ccc(Oc3ccnc4[nH]ccc34)c(F)c2)cc(N2CC[C@@H](N)C2)n1. The zero-order valence-corrected chi connectivity index (χ0v) is 16.5. The second kappa shape index (κ2) is 7.73. The van der Waals surface area contributed by atoms with Crippen LogP contribution < -0.4 is 26.4 Å². The number of nitrogens with one attached hydrogen (secondary N) is 2. The van der Waals surface area contributed by atoms with Gasteiger partial charge in [0.05, 0.1) is 5.39 Å². The van der Waals surface area contributed by atoms with E-state index in [1.54, 1.807) is 36.7 Å². The van der Waals surface area contributed by atoms with Crippen LogP contribution in [0.1, 0.15) is 6.42 Å². The fourth-order valence-electron chi connectivity index (χ4n) is 3.63. The molecule has 1 aliphatic rings. The summed E-state index contributed by atoms with van der Waals surface area (Å²) >= 11 is 0. The quantitative estimate of drug-likeness (QED) is 0.387. The molecule has 158 valence electrons. The Morgan fingerprint density at radius 2 is 2.06 bits per heavy atom. The molecule has 0 aliphatic carbocycles. The summed E-state index contributed by atoms with van der Waals surface area (Å²) in [7, 11) is 0. The van der Waals surface area contributed by atoms with Crippen LogP contribution in [0, 0.1) is 5.82 Å². The number of nitrogen functional groups attached to an aromatic ring is 1. The van der Waals surface area contributed by atoms with Gasteiger partial charge >= 0.3 is 0 Å². The number of pyridine rings is 1. The number of nitrogens with zero attached hydrogens (tertiary/aromatic N) is 4. The third-order valence-electron chi connectivity index (χ3n) is 5.12. The maximum absolute atomic E-state index is 14.7. The Hall–Kier alpha value is -3.92. The molecular weight excluding hydrogens is 399 g/mol. The van der Waals surface area contributed by atoms with Crippen molar-refractivity contribution in [2.24, 2.45) is 5.73 Å². The van der Waals surface area contributed by atoms with E-state index in [-0.39, 0.29) is 17.7 Å². The van der Waals surface area contributed by atoms with Gasteiger partial charge in [-0.05, 0) is 30.7 Å². The number of benzene rings is 1. The summed E-state index contributed by atoms with van der Waals surface area (Å²) in [5.41, 5.74) is 13.0. The van der Waals surface area contributed by atoms with Crippen molar-refractivity contribution >= 4 is 34.3 Å². The smallest absolute Gasteiger partial charge is 0.223 e.